The van der Waals surface area contributed by atoms with Crippen LogP contribution in [0.4, 0.5) is 4.39 Å². The summed E-state index contributed by atoms with van der Waals surface area (Å²) in [5, 5.41) is 9.60. The van der Waals surface area contributed by atoms with Crippen molar-refractivity contribution < 1.29 is 23.2 Å². The minimum absolute atomic E-state index is 0.0390. The van der Waals surface area contributed by atoms with Crippen molar-refractivity contribution in [1.82, 2.24) is 29.8 Å². The lowest BCUT2D eigenvalue weighted by Gasteiger charge is -2.43. The number of primary amides is 1. The number of benzene rings is 1. The van der Waals surface area contributed by atoms with Crippen LogP contribution in [0.25, 0.3) is 16.7 Å². The molecule has 1 aliphatic rings. The number of amides is 3. The molecule has 1 saturated carbocycles. The molecule has 13 heteroatoms. The topological polar surface area (TPSA) is 167 Å². The zero-order valence-corrected chi connectivity index (χ0v) is 23.1. The Kier molecular flexibility index (Phi) is 7.14. The fourth-order valence-corrected chi connectivity index (χ4v) is 5.36. The number of aromatic nitrogens is 4. The normalized spacial score (nSPS) is 20.8. The SMILES string of the molecule is CCC1(CNC(=O)c2cc(C(=O)NCc3ccc4oc(=O)n(C)c4c3)nc3c(F)cnn23)CCC(C)(C(N)=O)CC1. The minimum atomic E-state index is -0.775. The number of nitrogens with two attached hydrogens (primary N) is 1. The Morgan fingerprint density at radius 1 is 1.12 bits per heavy atom. The predicted octanol–water partition coefficient (Wildman–Crippen LogP) is 2.44. The molecule has 4 aromatic rings. The Morgan fingerprint density at radius 3 is 2.54 bits per heavy atom. The molecule has 5 rings (SSSR count). The summed E-state index contributed by atoms with van der Waals surface area (Å²) in [6, 6.07) is 6.33. The second-order valence-electron chi connectivity index (χ2n) is 11.1. The van der Waals surface area contributed by atoms with E-state index in [9.17, 15) is 23.6 Å². The first kappa shape index (κ1) is 28.0. The third-order valence-corrected chi connectivity index (χ3v) is 8.59. The predicted molar refractivity (Wildman–Crippen MR) is 146 cm³/mol. The Balaban J connectivity index is 1.33. The molecule has 3 aromatic heterocycles. The highest BCUT2D eigenvalue weighted by atomic mass is 19.1. The van der Waals surface area contributed by atoms with E-state index in [1.807, 2.05) is 13.8 Å². The van der Waals surface area contributed by atoms with Crippen LogP contribution in [-0.4, -0.2) is 43.4 Å². The molecule has 0 unspecified atom stereocenters. The number of hydrogen-bond donors (Lipinski definition) is 3. The number of aryl methyl sites for hydroxylation is 1. The van der Waals surface area contributed by atoms with Gasteiger partial charge in [-0.05, 0) is 55.2 Å². The van der Waals surface area contributed by atoms with Crippen molar-refractivity contribution in [1.29, 1.82) is 0 Å². The molecule has 0 saturated heterocycles. The van der Waals surface area contributed by atoms with Gasteiger partial charge >= 0.3 is 5.76 Å². The zero-order chi connectivity index (χ0) is 29.5. The van der Waals surface area contributed by atoms with Crippen LogP contribution < -0.4 is 22.1 Å². The largest absolute Gasteiger partial charge is 0.419 e. The molecular formula is C28H32FN7O5. The summed E-state index contributed by atoms with van der Waals surface area (Å²) < 4.78 is 22.1. The van der Waals surface area contributed by atoms with Crippen LogP contribution in [0.15, 0.2) is 39.7 Å². The smallest absolute Gasteiger partial charge is 0.408 e. The number of oxazole rings is 1. The second-order valence-corrected chi connectivity index (χ2v) is 11.1. The van der Waals surface area contributed by atoms with E-state index in [4.69, 9.17) is 10.2 Å². The zero-order valence-electron chi connectivity index (χ0n) is 23.1. The van der Waals surface area contributed by atoms with Gasteiger partial charge in [0.2, 0.25) is 5.91 Å². The van der Waals surface area contributed by atoms with Crippen molar-refractivity contribution in [3.8, 4) is 0 Å². The molecule has 0 aliphatic heterocycles. The quantitative estimate of drug-likeness (QED) is 0.295. The maximum absolute atomic E-state index is 14.5. The maximum Gasteiger partial charge on any atom is 0.419 e. The first-order valence-corrected chi connectivity index (χ1v) is 13.4. The Labute approximate surface area is 234 Å². The summed E-state index contributed by atoms with van der Waals surface area (Å²) in [6.07, 6.45) is 4.42. The molecule has 0 atom stereocenters. The van der Waals surface area contributed by atoms with Crippen LogP contribution >= 0.6 is 0 Å². The maximum atomic E-state index is 14.5. The number of nitrogens with zero attached hydrogens (tertiary/aromatic N) is 4. The van der Waals surface area contributed by atoms with Crippen molar-refractivity contribution in [2.45, 2.75) is 52.5 Å². The molecular weight excluding hydrogens is 533 g/mol. The van der Waals surface area contributed by atoms with Crippen LogP contribution in [-0.2, 0) is 18.4 Å². The summed E-state index contributed by atoms with van der Waals surface area (Å²) in [7, 11) is 1.58. The molecule has 3 heterocycles. The summed E-state index contributed by atoms with van der Waals surface area (Å²) in [6.45, 7) is 4.34. The van der Waals surface area contributed by atoms with Gasteiger partial charge in [-0.1, -0.05) is 19.9 Å². The molecule has 0 radical (unpaired) electrons. The van der Waals surface area contributed by atoms with Crippen molar-refractivity contribution in [2.24, 2.45) is 23.6 Å². The van der Waals surface area contributed by atoms with Gasteiger partial charge in [-0.25, -0.2) is 18.7 Å². The number of halogens is 1. The van der Waals surface area contributed by atoms with Crippen LogP contribution in [0.5, 0.6) is 0 Å². The molecule has 12 nitrogen and oxygen atoms in total. The number of carbonyl (C=O) groups excluding carboxylic acids is 3. The van der Waals surface area contributed by atoms with Gasteiger partial charge in [0, 0.05) is 31.6 Å². The van der Waals surface area contributed by atoms with E-state index in [1.54, 1.807) is 25.2 Å². The monoisotopic (exact) mass is 565 g/mol. The Morgan fingerprint density at radius 2 is 1.85 bits per heavy atom. The number of rotatable bonds is 8. The average molecular weight is 566 g/mol. The van der Waals surface area contributed by atoms with Crippen molar-refractivity contribution in [3.63, 3.8) is 0 Å². The molecule has 41 heavy (non-hydrogen) atoms. The third-order valence-electron chi connectivity index (χ3n) is 8.59. The van der Waals surface area contributed by atoms with Crippen molar-refractivity contribution in [3.05, 3.63) is 63.8 Å². The first-order chi connectivity index (χ1) is 19.4. The molecule has 1 aromatic carbocycles. The Hall–Kier alpha value is -4.55. The standard InChI is InChI=1S/C28H32FN7O5/c1-4-28(9-7-27(2,8-10-28)25(30)39)15-32-24(38)20-12-18(34-22-17(29)14-33-36(20)22)23(37)31-13-16-5-6-21-19(11-16)35(3)26(40)41-21/h5-6,11-12,14H,4,7-10,13,15H2,1-3H3,(H2,30,39)(H,31,37)(H,32,38). The lowest BCUT2D eigenvalue weighted by atomic mass is 9.63. The van der Waals surface area contributed by atoms with E-state index < -0.39 is 28.8 Å². The van der Waals surface area contributed by atoms with E-state index in [0.717, 1.165) is 30.0 Å². The highest BCUT2D eigenvalue weighted by molar-refractivity contribution is 5.98. The van der Waals surface area contributed by atoms with Gasteiger partial charge in [-0.2, -0.15) is 5.10 Å². The van der Waals surface area contributed by atoms with Crippen LogP contribution in [0, 0.1) is 16.6 Å². The molecule has 1 fully saturated rings. The van der Waals surface area contributed by atoms with E-state index in [1.165, 1.54) is 10.6 Å². The Bertz CT molecular complexity index is 1730. The lowest BCUT2D eigenvalue weighted by molar-refractivity contribution is -0.130. The molecule has 4 N–H and O–H groups in total. The highest BCUT2D eigenvalue weighted by Gasteiger charge is 2.42. The molecule has 3 amide bonds. The summed E-state index contributed by atoms with van der Waals surface area (Å²) in [5.41, 5.74) is 6.07. The van der Waals surface area contributed by atoms with Gasteiger partial charge in [0.25, 0.3) is 11.8 Å². The van der Waals surface area contributed by atoms with Crippen LogP contribution in [0.1, 0.15) is 72.5 Å². The van der Waals surface area contributed by atoms with Gasteiger partial charge < -0.3 is 20.8 Å². The van der Waals surface area contributed by atoms with E-state index >= 15 is 0 Å². The van der Waals surface area contributed by atoms with Gasteiger partial charge in [-0.15, -0.1) is 0 Å². The van der Waals surface area contributed by atoms with Gasteiger partial charge in [0.15, 0.2) is 17.0 Å². The molecule has 0 spiro atoms. The molecule has 0 bridgehead atoms. The average Bonchev–Trinajstić information content (AvgIpc) is 3.48. The lowest BCUT2D eigenvalue weighted by Crippen LogP contribution is -2.45. The van der Waals surface area contributed by atoms with Crippen LogP contribution in [0.2, 0.25) is 0 Å². The number of hydrogen-bond acceptors (Lipinski definition) is 7. The molecule has 1 aliphatic carbocycles. The molecule has 216 valence electrons. The van der Waals surface area contributed by atoms with Crippen molar-refractivity contribution in [2.75, 3.05) is 6.54 Å². The van der Waals surface area contributed by atoms with Gasteiger partial charge in [0.05, 0.1) is 11.7 Å². The summed E-state index contributed by atoms with van der Waals surface area (Å²) >= 11 is 0. The number of fused-ring (bicyclic) bond motifs is 2. The van der Waals surface area contributed by atoms with Crippen LogP contribution in [0.3, 0.4) is 0 Å². The van der Waals surface area contributed by atoms with E-state index in [-0.39, 0.29) is 34.9 Å². The fraction of sp³-hybridized carbons (Fsp3) is 0.429. The van der Waals surface area contributed by atoms with E-state index in [2.05, 4.69) is 20.7 Å². The fourth-order valence-electron chi connectivity index (χ4n) is 5.36. The van der Waals surface area contributed by atoms with Gasteiger partial charge in [-0.3, -0.25) is 19.0 Å². The summed E-state index contributed by atoms with van der Waals surface area (Å²) in [5.74, 6) is -2.74. The third kappa shape index (κ3) is 5.19. The van der Waals surface area contributed by atoms with Crippen molar-refractivity contribution >= 4 is 34.5 Å². The second kappa shape index (κ2) is 10.5. The summed E-state index contributed by atoms with van der Waals surface area (Å²) in [4.78, 5) is 54.1. The minimum Gasteiger partial charge on any atom is -0.408 e. The number of nitrogens with one attached hydrogen (secondary N) is 2. The first-order valence-electron chi connectivity index (χ1n) is 13.4. The highest BCUT2D eigenvalue weighted by Crippen LogP contribution is 2.46. The van der Waals surface area contributed by atoms with E-state index in [0.29, 0.717) is 36.0 Å². The van der Waals surface area contributed by atoms with Gasteiger partial charge in [0.1, 0.15) is 11.4 Å². The number of carbonyl (C=O) groups is 3.